The van der Waals surface area contributed by atoms with Crippen LogP contribution in [0, 0.1) is 17.6 Å². The molecule has 2 aromatic carbocycles. The van der Waals surface area contributed by atoms with Crippen LogP contribution in [0.4, 0.5) is 14.5 Å². The Balaban J connectivity index is 1.77. The van der Waals surface area contributed by atoms with E-state index in [-0.39, 0.29) is 17.0 Å². The van der Waals surface area contributed by atoms with Gasteiger partial charge in [0.2, 0.25) is 0 Å². The summed E-state index contributed by atoms with van der Waals surface area (Å²) in [6, 6.07) is 9.71. The Kier molecular flexibility index (Phi) is 6.26. The first kappa shape index (κ1) is 22.0. The second-order valence-corrected chi connectivity index (χ2v) is 8.31. The lowest BCUT2D eigenvalue weighted by molar-refractivity contribution is -0.120. The van der Waals surface area contributed by atoms with E-state index in [2.05, 4.69) is 6.92 Å². The van der Waals surface area contributed by atoms with Gasteiger partial charge in [-0.15, -0.1) is 0 Å². The third kappa shape index (κ3) is 4.11. The monoisotopic (exact) mass is 440 g/mol. The Labute approximate surface area is 186 Å². The number of hydrogen-bond donors (Lipinski definition) is 0. The average Bonchev–Trinajstić information content (AvgIpc) is 3.05. The Morgan fingerprint density at radius 1 is 1.00 bits per heavy atom. The van der Waals surface area contributed by atoms with Gasteiger partial charge in [0, 0.05) is 19.2 Å². The average molecular weight is 440 g/mol. The number of rotatable bonds is 6. The van der Waals surface area contributed by atoms with Crippen LogP contribution in [0.5, 0.6) is 5.75 Å². The van der Waals surface area contributed by atoms with E-state index >= 15 is 0 Å². The maximum absolute atomic E-state index is 14.5. The van der Waals surface area contributed by atoms with Gasteiger partial charge in [-0.3, -0.25) is 9.59 Å². The number of halogens is 2. The zero-order valence-electron chi connectivity index (χ0n) is 18.2. The predicted octanol–water partition coefficient (Wildman–Crippen LogP) is 4.77. The molecule has 2 heterocycles. The van der Waals surface area contributed by atoms with E-state index in [0.29, 0.717) is 36.9 Å². The lowest BCUT2D eigenvalue weighted by Crippen LogP contribution is -2.38. The normalized spacial score (nSPS) is 17.5. The highest BCUT2D eigenvalue weighted by molar-refractivity contribution is 6.45. The number of piperidine rings is 1. The third-order valence-corrected chi connectivity index (χ3v) is 5.92. The van der Waals surface area contributed by atoms with Crippen molar-refractivity contribution >= 4 is 23.1 Å². The molecule has 0 aliphatic carbocycles. The van der Waals surface area contributed by atoms with Crippen molar-refractivity contribution in [3.63, 3.8) is 0 Å². The van der Waals surface area contributed by atoms with E-state index in [1.165, 1.54) is 0 Å². The highest BCUT2D eigenvalue weighted by Crippen LogP contribution is 2.37. The van der Waals surface area contributed by atoms with Gasteiger partial charge in [0.25, 0.3) is 11.8 Å². The highest BCUT2D eigenvalue weighted by atomic mass is 19.1. The SMILES string of the molecule is CCCOc1ccc(C2=C(N3CCC(C)CC3)C(=O)N(c3cc(F)ccc3F)C2=O)cc1. The summed E-state index contributed by atoms with van der Waals surface area (Å²) in [5.41, 5.74) is 0.615. The smallest absolute Gasteiger partial charge is 0.282 e. The molecule has 7 heteroatoms. The Morgan fingerprint density at radius 3 is 2.34 bits per heavy atom. The van der Waals surface area contributed by atoms with Crippen molar-refractivity contribution in [3.05, 3.63) is 65.4 Å². The second-order valence-electron chi connectivity index (χ2n) is 8.31. The molecule has 0 atom stereocenters. The number of carbonyl (C=O) groups is 2. The minimum absolute atomic E-state index is 0.204. The van der Waals surface area contributed by atoms with Crippen molar-refractivity contribution in [3.8, 4) is 5.75 Å². The van der Waals surface area contributed by atoms with Gasteiger partial charge in [-0.05, 0) is 55.0 Å². The van der Waals surface area contributed by atoms with Crippen LogP contribution in [-0.4, -0.2) is 36.4 Å². The fourth-order valence-electron chi connectivity index (χ4n) is 4.12. The van der Waals surface area contributed by atoms with Crippen LogP contribution in [0.15, 0.2) is 48.2 Å². The molecule has 2 aliphatic heterocycles. The van der Waals surface area contributed by atoms with Gasteiger partial charge in [0.1, 0.15) is 23.1 Å². The van der Waals surface area contributed by atoms with Crippen LogP contribution in [0.2, 0.25) is 0 Å². The summed E-state index contributed by atoms with van der Waals surface area (Å²) in [6.45, 7) is 5.97. The molecule has 2 aliphatic rings. The highest BCUT2D eigenvalue weighted by Gasteiger charge is 2.44. The summed E-state index contributed by atoms with van der Waals surface area (Å²) in [5, 5.41) is 0. The fraction of sp³-hybridized carbons (Fsp3) is 0.360. The van der Waals surface area contributed by atoms with Gasteiger partial charge in [0.15, 0.2) is 0 Å². The number of benzene rings is 2. The topological polar surface area (TPSA) is 49.9 Å². The first-order valence-corrected chi connectivity index (χ1v) is 11.0. The standard InChI is InChI=1S/C25H26F2N2O3/c1-3-14-32-19-7-4-17(5-8-19)22-23(28-12-10-16(2)11-13-28)25(31)29(24(22)30)21-15-18(26)6-9-20(21)27/h4-9,15-16H,3,10-14H2,1-2H3. The molecule has 0 bridgehead atoms. The molecule has 0 saturated carbocycles. The molecule has 0 N–H and O–H groups in total. The molecule has 2 amide bonds. The van der Waals surface area contributed by atoms with Crippen molar-refractivity contribution in [2.45, 2.75) is 33.1 Å². The molecule has 0 spiro atoms. The molecule has 0 aromatic heterocycles. The molecule has 168 valence electrons. The number of ether oxygens (including phenoxy) is 1. The van der Waals surface area contributed by atoms with Gasteiger partial charge in [-0.1, -0.05) is 26.0 Å². The Hall–Kier alpha value is -3.22. The fourth-order valence-corrected chi connectivity index (χ4v) is 4.12. The zero-order valence-corrected chi connectivity index (χ0v) is 18.2. The second kappa shape index (κ2) is 9.10. The van der Waals surface area contributed by atoms with Gasteiger partial charge in [-0.2, -0.15) is 0 Å². The van der Waals surface area contributed by atoms with Gasteiger partial charge < -0.3 is 9.64 Å². The molecule has 1 saturated heterocycles. The number of imide groups is 1. The third-order valence-electron chi connectivity index (χ3n) is 5.92. The first-order valence-electron chi connectivity index (χ1n) is 11.0. The van der Waals surface area contributed by atoms with Crippen LogP contribution in [0.25, 0.3) is 5.57 Å². The quantitative estimate of drug-likeness (QED) is 0.607. The number of hydrogen-bond acceptors (Lipinski definition) is 4. The van der Waals surface area contributed by atoms with Crippen molar-refractivity contribution in [1.82, 2.24) is 4.90 Å². The van der Waals surface area contributed by atoms with Crippen LogP contribution in [-0.2, 0) is 9.59 Å². The molecular formula is C25H26F2N2O3. The largest absolute Gasteiger partial charge is 0.494 e. The number of amides is 2. The number of anilines is 1. The summed E-state index contributed by atoms with van der Waals surface area (Å²) in [7, 11) is 0. The lowest BCUT2D eigenvalue weighted by atomic mass is 9.97. The van der Waals surface area contributed by atoms with Gasteiger partial charge in [-0.25, -0.2) is 13.7 Å². The van der Waals surface area contributed by atoms with Crippen molar-refractivity contribution < 1.29 is 23.1 Å². The first-order chi connectivity index (χ1) is 15.4. The van der Waals surface area contributed by atoms with E-state index in [1.807, 2.05) is 11.8 Å². The Morgan fingerprint density at radius 2 is 1.69 bits per heavy atom. The molecule has 32 heavy (non-hydrogen) atoms. The lowest BCUT2D eigenvalue weighted by Gasteiger charge is -2.32. The minimum Gasteiger partial charge on any atom is -0.494 e. The summed E-state index contributed by atoms with van der Waals surface area (Å²) in [4.78, 5) is 29.5. The zero-order chi connectivity index (χ0) is 22.8. The van der Waals surface area contributed by atoms with E-state index in [0.717, 1.165) is 42.4 Å². The van der Waals surface area contributed by atoms with E-state index in [4.69, 9.17) is 4.74 Å². The summed E-state index contributed by atoms with van der Waals surface area (Å²) in [6.07, 6.45) is 2.64. The predicted molar refractivity (Wildman–Crippen MR) is 118 cm³/mol. The van der Waals surface area contributed by atoms with Gasteiger partial charge >= 0.3 is 0 Å². The summed E-state index contributed by atoms with van der Waals surface area (Å²) < 4.78 is 34.0. The molecule has 0 unspecified atom stereocenters. The van der Waals surface area contributed by atoms with E-state index in [1.54, 1.807) is 24.3 Å². The van der Waals surface area contributed by atoms with Crippen LogP contribution < -0.4 is 9.64 Å². The molecule has 1 fully saturated rings. The number of nitrogens with zero attached hydrogens (tertiary/aromatic N) is 2. The van der Waals surface area contributed by atoms with Crippen LogP contribution >= 0.6 is 0 Å². The summed E-state index contributed by atoms with van der Waals surface area (Å²) in [5.74, 6) is -1.65. The molecule has 2 aromatic rings. The number of likely N-dealkylation sites (tertiary alicyclic amines) is 1. The Bertz CT molecular complexity index is 1060. The van der Waals surface area contributed by atoms with E-state index in [9.17, 15) is 18.4 Å². The molecule has 5 nitrogen and oxygen atoms in total. The van der Waals surface area contributed by atoms with Gasteiger partial charge in [0.05, 0.1) is 17.9 Å². The summed E-state index contributed by atoms with van der Waals surface area (Å²) >= 11 is 0. The maximum Gasteiger partial charge on any atom is 0.282 e. The maximum atomic E-state index is 14.5. The van der Waals surface area contributed by atoms with Crippen molar-refractivity contribution in [2.24, 2.45) is 5.92 Å². The minimum atomic E-state index is -0.829. The number of carbonyl (C=O) groups excluding carboxylic acids is 2. The van der Waals surface area contributed by atoms with Crippen LogP contribution in [0.1, 0.15) is 38.7 Å². The molecular weight excluding hydrogens is 414 g/mol. The van der Waals surface area contributed by atoms with Crippen molar-refractivity contribution in [2.75, 3.05) is 24.6 Å². The molecule has 0 radical (unpaired) electrons. The van der Waals surface area contributed by atoms with Crippen molar-refractivity contribution in [1.29, 1.82) is 0 Å². The van der Waals surface area contributed by atoms with E-state index < -0.39 is 23.4 Å². The van der Waals surface area contributed by atoms with Crippen LogP contribution in [0.3, 0.4) is 0 Å². The molecule has 4 rings (SSSR count).